The molecule has 0 aromatic carbocycles. The van der Waals surface area contributed by atoms with E-state index in [4.69, 9.17) is 4.18 Å². The lowest BCUT2D eigenvalue weighted by atomic mass is 10.2. The van der Waals surface area contributed by atoms with Crippen molar-refractivity contribution in [2.24, 2.45) is 0 Å². The Kier molecular flexibility index (Phi) is 5.81. The maximum atomic E-state index is 13.1. The van der Waals surface area contributed by atoms with Gasteiger partial charge < -0.3 is 4.90 Å². The molecule has 1 unspecified atom stereocenters. The Bertz CT molecular complexity index is 1190. The number of rotatable bonds is 6. The number of alkyl halides is 2. The summed E-state index contributed by atoms with van der Waals surface area (Å²) in [5.41, 5.74) is 1.03. The smallest absolute Gasteiger partial charge is 0.282 e. The van der Waals surface area contributed by atoms with Crippen LogP contribution in [0.4, 0.5) is 14.6 Å². The van der Waals surface area contributed by atoms with Crippen molar-refractivity contribution in [3.8, 4) is 11.4 Å². The summed E-state index contributed by atoms with van der Waals surface area (Å²) in [6, 6.07) is 4.31. The third-order valence-electron chi connectivity index (χ3n) is 5.10. The minimum atomic E-state index is -3.54. The molecule has 0 amide bonds. The summed E-state index contributed by atoms with van der Waals surface area (Å²) in [6.07, 6.45) is 1.24. The second-order valence-corrected chi connectivity index (χ2v) is 8.95. The number of fused-ring (bicyclic) bond motifs is 1. The fourth-order valence-corrected chi connectivity index (χ4v) is 3.78. The van der Waals surface area contributed by atoms with Crippen LogP contribution >= 0.6 is 0 Å². The molecule has 1 saturated heterocycles. The van der Waals surface area contributed by atoms with Gasteiger partial charge in [0.05, 0.1) is 30.8 Å². The number of aromatic nitrogens is 5. The first kappa shape index (κ1) is 21.5. The zero-order valence-corrected chi connectivity index (χ0v) is 17.7. The largest absolute Gasteiger partial charge is 0.354 e. The van der Waals surface area contributed by atoms with E-state index in [-0.39, 0.29) is 18.3 Å². The third kappa shape index (κ3) is 4.78. The first-order valence-electron chi connectivity index (χ1n) is 9.46. The van der Waals surface area contributed by atoms with Gasteiger partial charge in [0.2, 0.25) is 0 Å². The predicted molar refractivity (Wildman–Crippen MR) is 108 cm³/mol. The van der Waals surface area contributed by atoms with Crippen LogP contribution in [0.15, 0.2) is 30.7 Å². The summed E-state index contributed by atoms with van der Waals surface area (Å²) in [4.78, 5) is 16.8. The van der Waals surface area contributed by atoms with Crippen LogP contribution in [0, 0.1) is 0 Å². The van der Waals surface area contributed by atoms with Crippen molar-refractivity contribution in [2.45, 2.75) is 12.5 Å². The van der Waals surface area contributed by atoms with Gasteiger partial charge in [-0.25, -0.2) is 28.2 Å². The number of imidazole rings is 1. The number of anilines is 1. The van der Waals surface area contributed by atoms with Crippen LogP contribution in [-0.2, 0) is 14.3 Å². The molecule has 10 nitrogen and oxygen atoms in total. The summed E-state index contributed by atoms with van der Waals surface area (Å²) in [6.45, 7) is 1.90. The van der Waals surface area contributed by atoms with Crippen LogP contribution in [0.3, 0.4) is 0 Å². The fraction of sp³-hybridized carbons (Fsp3) is 0.444. The molecule has 1 aliphatic rings. The molecule has 1 atom stereocenters. The second-order valence-electron chi connectivity index (χ2n) is 7.30. The van der Waals surface area contributed by atoms with Crippen LogP contribution in [0.1, 0.15) is 12.1 Å². The highest BCUT2D eigenvalue weighted by atomic mass is 32.2. The van der Waals surface area contributed by atoms with Crippen molar-refractivity contribution >= 4 is 21.6 Å². The van der Waals surface area contributed by atoms with Crippen molar-refractivity contribution in [2.75, 3.05) is 44.4 Å². The molecule has 3 aromatic rings. The lowest BCUT2D eigenvalue weighted by Gasteiger charge is -2.39. The molecule has 3 aromatic heterocycles. The van der Waals surface area contributed by atoms with E-state index in [1.807, 2.05) is 16.8 Å². The lowest BCUT2D eigenvalue weighted by Crippen LogP contribution is -2.53. The summed E-state index contributed by atoms with van der Waals surface area (Å²) in [7, 11) is -1.63. The maximum absolute atomic E-state index is 13.1. The summed E-state index contributed by atoms with van der Waals surface area (Å²) < 4.78 is 55.1. The number of likely N-dealkylation sites (N-methyl/N-ethyl adjacent to an activating group) is 1. The Morgan fingerprint density at radius 3 is 2.77 bits per heavy atom. The number of hydrogen-bond acceptors (Lipinski definition) is 9. The lowest BCUT2D eigenvalue weighted by molar-refractivity contribution is 0.144. The third-order valence-corrected chi connectivity index (χ3v) is 5.66. The molecule has 0 radical (unpaired) electrons. The van der Waals surface area contributed by atoms with Gasteiger partial charge >= 0.3 is 0 Å². The molecule has 0 aliphatic carbocycles. The van der Waals surface area contributed by atoms with Crippen LogP contribution in [0.2, 0.25) is 0 Å². The van der Waals surface area contributed by atoms with Crippen molar-refractivity contribution in [1.29, 1.82) is 0 Å². The molecule has 0 spiro atoms. The fourth-order valence-electron chi connectivity index (χ4n) is 3.37. The molecule has 4 rings (SSSR count). The number of nitrogens with zero attached hydrogens (tertiary/aromatic N) is 7. The number of piperazine rings is 1. The van der Waals surface area contributed by atoms with E-state index >= 15 is 0 Å². The Morgan fingerprint density at radius 1 is 1.23 bits per heavy atom. The topological polar surface area (TPSA) is 106 Å². The normalized spacial score (nSPS) is 18.2. The van der Waals surface area contributed by atoms with Gasteiger partial charge in [0.25, 0.3) is 16.5 Å². The van der Waals surface area contributed by atoms with Crippen molar-refractivity contribution in [1.82, 2.24) is 29.5 Å². The Labute approximate surface area is 177 Å². The average molecular weight is 453 g/mol. The van der Waals surface area contributed by atoms with Crippen molar-refractivity contribution < 1.29 is 21.4 Å². The van der Waals surface area contributed by atoms with Gasteiger partial charge in [0.1, 0.15) is 23.5 Å². The molecular formula is C18H21F2N7O3S. The highest BCUT2D eigenvalue weighted by molar-refractivity contribution is 7.85. The molecule has 166 valence electrons. The number of halogens is 2. The van der Waals surface area contributed by atoms with E-state index < -0.39 is 16.5 Å². The minimum absolute atomic E-state index is 0.0390. The van der Waals surface area contributed by atoms with E-state index in [1.54, 1.807) is 6.07 Å². The summed E-state index contributed by atoms with van der Waals surface area (Å²) in [5.74, 6) is 0.627. The van der Waals surface area contributed by atoms with Crippen LogP contribution in [-0.4, -0.2) is 83.5 Å². The standard InChI is InChI=1S/C18H21F2N7O3S/c1-25-5-6-26(9-12(25)10-30-31(2,28)29)17-7-14(22-11-23-17)15-8-21-16-4-3-13(18(19)20)24-27(15)16/h3-4,7-8,11-12,18H,5-6,9-10H2,1-2H3. The first-order valence-corrected chi connectivity index (χ1v) is 11.3. The van der Waals surface area contributed by atoms with Crippen LogP contribution in [0.5, 0.6) is 0 Å². The van der Waals surface area contributed by atoms with E-state index in [2.05, 4.69) is 20.1 Å². The molecule has 31 heavy (non-hydrogen) atoms. The first-order chi connectivity index (χ1) is 14.7. The van der Waals surface area contributed by atoms with E-state index in [0.717, 1.165) is 6.26 Å². The van der Waals surface area contributed by atoms with E-state index in [1.165, 1.54) is 29.2 Å². The zero-order valence-electron chi connectivity index (χ0n) is 16.9. The van der Waals surface area contributed by atoms with E-state index in [0.29, 0.717) is 42.5 Å². The molecule has 0 bridgehead atoms. The Hall–Kier alpha value is -2.77. The molecule has 1 aliphatic heterocycles. The van der Waals surface area contributed by atoms with E-state index in [9.17, 15) is 17.2 Å². The van der Waals surface area contributed by atoms with Gasteiger partial charge in [0.15, 0.2) is 5.65 Å². The molecule has 0 N–H and O–H groups in total. The number of hydrogen-bond donors (Lipinski definition) is 0. The van der Waals surface area contributed by atoms with Gasteiger partial charge in [0, 0.05) is 25.7 Å². The predicted octanol–water partition coefficient (Wildman–Crippen LogP) is 1.22. The molecule has 1 fully saturated rings. The second kappa shape index (κ2) is 8.40. The molecular weight excluding hydrogens is 432 g/mol. The quantitative estimate of drug-likeness (QED) is 0.509. The van der Waals surface area contributed by atoms with Gasteiger partial charge in [-0.1, -0.05) is 0 Å². The Morgan fingerprint density at radius 2 is 2.03 bits per heavy atom. The summed E-state index contributed by atoms with van der Waals surface area (Å²) in [5, 5.41) is 3.97. The van der Waals surface area contributed by atoms with Gasteiger partial charge in [-0.3, -0.25) is 9.08 Å². The maximum Gasteiger partial charge on any atom is 0.282 e. The molecule has 4 heterocycles. The average Bonchev–Trinajstić information content (AvgIpc) is 3.16. The Balaban J connectivity index is 1.60. The minimum Gasteiger partial charge on any atom is -0.354 e. The van der Waals surface area contributed by atoms with Gasteiger partial charge in [-0.15, -0.1) is 0 Å². The zero-order chi connectivity index (χ0) is 22.2. The molecule has 0 saturated carbocycles. The SMILES string of the molecule is CN1CCN(c2cc(-c3cnc4ccc(C(F)F)nn34)ncn2)CC1COS(C)(=O)=O. The van der Waals surface area contributed by atoms with Crippen LogP contribution in [0.25, 0.3) is 17.0 Å². The highest BCUT2D eigenvalue weighted by Gasteiger charge is 2.27. The monoisotopic (exact) mass is 453 g/mol. The summed E-state index contributed by atoms with van der Waals surface area (Å²) >= 11 is 0. The van der Waals surface area contributed by atoms with Crippen molar-refractivity contribution in [3.63, 3.8) is 0 Å². The van der Waals surface area contributed by atoms with Gasteiger partial charge in [-0.05, 0) is 19.2 Å². The van der Waals surface area contributed by atoms with Gasteiger partial charge in [-0.2, -0.15) is 13.5 Å². The van der Waals surface area contributed by atoms with Crippen molar-refractivity contribution in [3.05, 3.63) is 36.4 Å². The highest BCUT2D eigenvalue weighted by Crippen LogP contribution is 2.24. The molecule has 13 heteroatoms. The van der Waals surface area contributed by atoms with Crippen LogP contribution < -0.4 is 4.90 Å².